The summed E-state index contributed by atoms with van der Waals surface area (Å²) in [6.07, 6.45) is 0. The van der Waals surface area contributed by atoms with Gasteiger partial charge < -0.3 is 10.6 Å². The topological polar surface area (TPSA) is 46.3 Å². The Balaban J connectivity index is 4.30. The third-order valence-corrected chi connectivity index (χ3v) is 2.28. The van der Waals surface area contributed by atoms with Gasteiger partial charge in [0, 0.05) is 13.1 Å². The molecule has 0 bridgehead atoms. The largest absolute Gasteiger partial charge is 0.341 e. The second-order valence-corrected chi connectivity index (χ2v) is 4.54. The van der Waals surface area contributed by atoms with Gasteiger partial charge in [-0.3, -0.25) is 4.79 Å². The molecule has 0 spiro atoms. The minimum Gasteiger partial charge on any atom is -0.341 e. The van der Waals surface area contributed by atoms with E-state index in [4.69, 9.17) is 5.73 Å². The van der Waals surface area contributed by atoms with Gasteiger partial charge in [0.15, 0.2) is 0 Å². The van der Waals surface area contributed by atoms with Crippen LogP contribution in [0, 0.1) is 11.8 Å². The van der Waals surface area contributed by atoms with E-state index in [1.54, 1.807) is 0 Å². The Hall–Kier alpha value is -0.570. The first-order valence-corrected chi connectivity index (χ1v) is 5.44. The van der Waals surface area contributed by atoms with Crippen LogP contribution in [-0.2, 0) is 4.79 Å². The van der Waals surface area contributed by atoms with Gasteiger partial charge >= 0.3 is 0 Å². The Morgan fingerprint density at radius 1 is 1.29 bits per heavy atom. The predicted octanol–water partition coefficient (Wildman–Crippen LogP) is 1.47. The van der Waals surface area contributed by atoms with Crippen LogP contribution >= 0.6 is 0 Å². The average Bonchev–Trinajstić information content (AvgIpc) is 2.11. The zero-order chi connectivity index (χ0) is 11.3. The third kappa shape index (κ3) is 4.09. The van der Waals surface area contributed by atoms with E-state index in [0.29, 0.717) is 5.92 Å². The second kappa shape index (κ2) is 6.02. The van der Waals surface area contributed by atoms with Gasteiger partial charge in [-0.1, -0.05) is 27.7 Å². The number of hydrogen-bond donors (Lipinski definition) is 1. The van der Waals surface area contributed by atoms with Crippen molar-refractivity contribution in [2.75, 3.05) is 13.1 Å². The van der Waals surface area contributed by atoms with Crippen molar-refractivity contribution in [3.05, 3.63) is 0 Å². The molecule has 1 atom stereocenters. The van der Waals surface area contributed by atoms with Gasteiger partial charge in [-0.2, -0.15) is 0 Å². The summed E-state index contributed by atoms with van der Waals surface area (Å²) >= 11 is 0. The summed E-state index contributed by atoms with van der Waals surface area (Å²) in [7, 11) is 0. The molecule has 0 radical (unpaired) electrons. The number of hydrogen-bond acceptors (Lipinski definition) is 2. The van der Waals surface area contributed by atoms with Gasteiger partial charge in [0.25, 0.3) is 0 Å². The van der Waals surface area contributed by atoms with E-state index in [1.165, 1.54) is 0 Å². The SMILES string of the molecule is CCN(CC(C)C)C(=O)[C@@H](N)C(C)C. The Morgan fingerprint density at radius 2 is 1.79 bits per heavy atom. The van der Waals surface area contributed by atoms with Gasteiger partial charge in [-0.25, -0.2) is 0 Å². The molecule has 3 heteroatoms. The van der Waals surface area contributed by atoms with E-state index in [2.05, 4.69) is 13.8 Å². The van der Waals surface area contributed by atoms with E-state index < -0.39 is 0 Å². The van der Waals surface area contributed by atoms with Crippen molar-refractivity contribution in [3.63, 3.8) is 0 Å². The van der Waals surface area contributed by atoms with Crippen LogP contribution in [0.2, 0.25) is 0 Å². The number of amides is 1. The molecule has 0 aliphatic rings. The minimum absolute atomic E-state index is 0.0798. The number of nitrogens with zero attached hydrogens (tertiary/aromatic N) is 1. The lowest BCUT2D eigenvalue weighted by molar-refractivity contribution is -0.133. The third-order valence-electron chi connectivity index (χ3n) is 2.28. The summed E-state index contributed by atoms with van der Waals surface area (Å²) in [5.41, 5.74) is 5.82. The maximum atomic E-state index is 11.9. The van der Waals surface area contributed by atoms with Crippen LogP contribution < -0.4 is 5.73 Å². The highest BCUT2D eigenvalue weighted by Crippen LogP contribution is 2.06. The summed E-state index contributed by atoms with van der Waals surface area (Å²) < 4.78 is 0. The number of carbonyl (C=O) groups excluding carboxylic acids is 1. The maximum absolute atomic E-state index is 11.9. The number of carbonyl (C=O) groups is 1. The highest BCUT2D eigenvalue weighted by atomic mass is 16.2. The van der Waals surface area contributed by atoms with Crippen LogP contribution in [-0.4, -0.2) is 29.9 Å². The molecule has 0 aromatic rings. The molecule has 2 N–H and O–H groups in total. The first kappa shape index (κ1) is 13.4. The Labute approximate surface area is 87.6 Å². The van der Waals surface area contributed by atoms with Crippen LogP contribution in [0.1, 0.15) is 34.6 Å². The van der Waals surface area contributed by atoms with Gasteiger partial charge in [-0.05, 0) is 18.8 Å². The molecule has 0 rings (SSSR count). The highest BCUT2D eigenvalue weighted by molar-refractivity contribution is 5.81. The first-order valence-electron chi connectivity index (χ1n) is 5.44. The van der Waals surface area contributed by atoms with Crippen molar-refractivity contribution >= 4 is 5.91 Å². The molecule has 0 aliphatic heterocycles. The number of likely N-dealkylation sites (N-methyl/N-ethyl adjacent to an activating group) is 1. The summed E-state index contributed by atoms with van der Waals surface area (Å²) in [4.78, 5) is 13.7. The summed E-state index contributed by atoms with van der Waals surface area (Å²) in [6.45, 7) is 11.7. The van der Waals surface area contributed by atoms with Crippen molar-refractivity contribution in [2.45, 2.75) is 40.7 Å². The molecule has 1 amide bonds. The fourth-order valence-corrected chi connectivity index (χ4v) is 1.31. The maximum Gasteiger partial charge on any atom is 0.239 e. The van der Waals surface area contributed by atoms with Gasteiger partial charge in [0.2, 0.25) is 5.91 Å². The minimum atomic E-state index is -0.353. The molecule has 14 heavy (non-hydrogen) atoms. The number of nitrogens with two attached hydrogens (primary N) is 1. The monoisotopic (exact) mass is 200 g/mol. The van der Waals surface area contributed by atoms with E-state index in [0.717, 1.165) is 13.1 Å². The Bertz CT molecular complexity index is 178. The quantitative estimate of drug-likeness (QED) is 0.730. The molecular formula is C11H24N2O. The molecule has 0 saturated carbocycles. The van der Waals surface area contributed by atoms with Crippen LogP contribution in [0.15, 0.2) is 0 Å². The Kier molecular flexibility index (Phi) is 5.77. The van der Waals surface area contributed by atoms with Crippen molar-refractivity contribution in [1.82, 2.24) is 4.90 Å². The van der Waals surface area contributed by atoms with Crippen molar-refractivity contribution < 1.29 is 4.79 Å². The van der Waals surface area contributed by atoms with Crippen LogP contribution in [0.3, 0.4) is 0 Å². The molecule has 3 nitrogen and oxygen atoms in total. The van der Waals surface area contributed by atoms with Crippen LogP contribution in [0.5, 0.6) is 0 Å². The fourth-order valence-electron chi connectivity index (χ4n) is 1.31. The zero-order valence-corrected chi connectivity index (χ0v) is 10.1. The molecule has 0 aliphatic carbocycles. The molecule has 0 aromatic heterocycles. The van der Waals surface area contributed by atoms with Gasteiger partial charge in [0.1, 0.15) is 0 Å². The fraction of sp³-hybridized carbons (Fsp3) is 0.909. The van der Waals surface area contributed by atoms with Crippen molar-refractivity contribution in [1.29, 1.82) is 0 Å². The lowest BCUT2D eigenvalue weighted by atomic mass is 10.0. The predicted molar refractivity (Wildman–Crippen MR) is 59.9 cm³/mol. The highest BCUT2D eigenvalue weighted by Gasteiger charge is 2.22. The van der Waals surface area contributed by atoms with Gasteiger partial charge in [-0.15, -0.1) is 0 Å². The second-order valence-electron chi connectivity index (χ2n) is 4.54. The van der Waals surface area contributed by atoms with E-state index >= 15 is 0 Å². The standard InChI is InChI=1S/C11H24N2O/c1-6-13(7-8(2)3)11(14)10(12)9(4)5/h8-10H,6-7,12H2,1-5H3/t10-/m0/s1. The molecule has 0 aromatic carbocycles. The lowest BCUT2D eigenvalue weighted by Crippen LogP contribution is -2.47. The van der Waals surface area contributed by atoms with E-state index in [1.807, 2.05) is 25.7 Å². The summed E-state index contributed by atoms with van der Waals surface area (Å²) in [5.74, 6) is 0.790. The molecular weight excluding hydrogens is 176 g/mol. The van der Waals surface area contributed by atoms with E-state index in [-0.39, 0.29) is 17.9 Å². The molecule has 0 fully saturated rings. The smallest absolute Gasteiger partial charge is 0.239 e. The van der Waals surface area contributed by atoms with Crippen molar-refractivity contribution in [3.8, 4) is 0 Å². The molecule has 84 valence electrons. The van der Waals surface area contributed by atoms with Gasteiger partial charge in [0.05, 0.1) is 6.04 Å². The molecule has 0 heterocycles. The zero-order valence-electron chi connectivity index (χ0n) is 10.1. The molecule has 0 saturated heterocycles. The average molecular weight is 200 g/mol. The first-order chi connectivity index (χ1) is 6.40. The molecule has 0 unspecified atom stereocenters. The Morgan fingerprint density at radius 3 is 2.07 bits per heavy atom. The van der Waals surface area contributed by atoms with E-state index in [9.17, 15) is 4.79 Å². The van der Waals surface area contributed by atoms with Crippen LogP contribution in [0.4, 0.5) is 0 Å². The number of rotatable bonds is 5. The summed E-state index contributed by atoms with van der Waals surface area (Å²) in [6, 6.07) is -0.353. The van der Waals surface area contributed by atoms with Crippen molar-refractivity contribution in [2.24, 2.45) is 17.6 Å². The normalized spacial score (nSPS) is 13.4. The lowest BCUT2D eigenvalue weighted by Gasteiger charge is -2.27. The van der Waals surface area contributed by atoms with Crippen LogP contribution in [0.25, 0.3) is 0 Å². The summed E-state index contributed by atoms with van der Waals surface area (Å²) in [5, 5.41) is 0.